The van der Waals surface area contributed by atoms with E-state index in [1.165, 1.54) is 0 Å². The summed E-state index contributed by atoms with van der Waals surface area (Å²) >= 11 is 0. The monoisotopic (exact) mass is 229 g/mol. The normalized spacial score (nSPS) is 23.3. The summed E-state index contributed by atoms with van der Waals surface area (Å²) in [5, 5.41) is 2.64. The Hall–Kier alpha value is -0.650. The van der Waals surface area contributed by atoms with Crippen LogP contribution in [0.15, 0.2) is 0 Å². The molecule has 0 saturated carbocycles. The van der Waals surface area contributed by atoms with Crippen LogP contribution in [0.2, 0.25) is 0 Å². The van der Waals surface area contributed by atoms with E-state index in [9.17, 15) is 4.79 Å². The number of nitrogens with zero attached hydrogens (tertiary/aromatic N) is 1. The highest BCUT2D eigenvalue weighted by Crippen LogP contribution is 2.19. The average molecular weight is 229 g/mol. The van der Waals surface area contributed by atoms with Crippen molar-refractivity contribution in [2.24, 2.45) is 11.7 Å². The first-order valence-corrected chi connectivity index (χ1v) is 5.84. The van der Waals surface area contributed by atoms with Gasteiger partial charge in [0.25, 0.3) is 0 Å². The van der Waals surface area contributed by atoms with E-state index in [-0.39, 0.29) is 11.9 Å². The first-order valence-electron chi connectivity index (χ1n) is 5.84. The molecule has 2 unspecified atom stereocenters. The Morgan fingerprint density at radius 1 is 1.69 bits per heavy atom. The average Bonchev–Trinajstić information content (AvgIpc) is 2.74. The van der Waals surface area contributed by atoms with Gasteiger partial charge in [-0.1, -0.05) is 0 Å². The molecule has 16 heavy (non-hydrogen) atoms. The minimum absolute atomic E-state index is 0.0608. The van der Waals surface area contributed by atoms with E-state index in [4.69, 9.17) is 10.5 Å². The molecular weight excluding hydrogens is 206 g/mol. The van der Waals surface area contributed by atoms with Gasteiger partial charge in [-0.25, -0.2) is 0 Å². The number of nitrogens with one attached hydrogen (secondary N) is 1. The lowest BCUT2D eigenvalue weighted by molar-refractivity contribution is -0.121. The number of likely N-dealkylation sites (tertiary alicyclic amines) is 1. The van der Waals surface area contributed by atoms with Crippen molar-refractivity contribution in [1.29, 1.82) is 0 Å². The fourth-order valence-corrected chi connectivity index (χ4v) is 2.24. The van der Waals surface area contributed by atoms with Gasteiger partial charge in [0.15, 0.2) is 0 Å². The van der Waals surface area contributed by atoms with Crippen LogP contribution in [0.3, 0.4) is 0 Å². The molecule has 3 N–H and O–H groups in total. The van der Waals surface area contributed by atoms with Crippen molar-refractivity contribution >= 4 is 5.91 Å². The van der Waals surface area contributed by atoms with E-state index in [0.717, 1.165) is 26.1 Å². The Morgan fingerprint density at radius 2 is 2.44 bits per heavy atom. The Bertz CT molecular complexity index is 223. The molecule has 2 atom stereocenters. The summed E-state index contributed by atoms with van der Waals surface area (Å²) in [5.41, 5.74) is 5.72. The molecule has 0 spiro atoms. The molecule has 0 bridgehead atoms. The number of hydrogen-bond donors (Lipinski definition) is 2. The maximum atomic E-state index is 11.3. The number of rotatable bonds is 6. The Morgan fingerprint density at radius 3 is 3.00 bits per heavy atom. The molecule has 0 aromatic rings. The minimum Gasteiger partial charge on any atom is -0.384 e. The number of ether oxygens (including phenoxy) is 1. The zero-order valence-electron chi connectivity index (χ0n) is 10.2. The van der Waals surface area contributed by atoms with E-state index in [0.29, 0.717) is 18.9 Å². The van der Waals surface area contributed by atoms with Gasteiger partial charge in [-0.3, -0.25) is 9.69 Å². The second kappa shape index (κ2) is 6.83. The molecule has 0 aromatic carbocycles. The summed E-state index contributed by atoms with van der Waals surface area (Å²) in [4.78, 5) is 13.6. The first-order chi connectivity index (χ1) is 7.71. The van der Waals surface area contributed by atoms with Gasteiger partial charge < -0.3 is 15.8 Å². The highest BCUT2D eigenvalue weighted by Gasteiger charge is 2.28. The van der Waals surface area contributed by atoms with Crippen LogP contribution in [-0.2, 0) is 9.53 Å². The number of methoxy groups -OCH3 is 1. The molecule has 1 heterocycles. The van der Waals surface area contributed by atoms with Crippen molar-refractivity contribution in [1.82, 2.24) is 10.2 Å². The van der Waals surface area contributed by atoms with Crippen LogP contribution in [0.1, 0.15) is 12.8 Å². The van der Waals surface area contributed by atoms with Crippen LogP contribution in [0.25, 0.3) is 0 Å². The summed E-state index contributed by atoms with van der Waals surface area (Å²) in [6, 6.07) is 0.168. The van der Waals surface area contributed by atoms with Gasteiger partial charge in [-0.05, 0) is 18.9 Å². The van der Waals surface area contributed by atoms with E-state index in [2.05, 4.69) is 10.2 Å². The SMILES string of the molecule is CNC(=O)CC(CN)N1CCC(COC)C1. The molecule has 1 rings (SSSR count). The van der Waals surface area contributed by atoms with Gasteiger partial charge >= 0.3 is 0 Å². The topological polar surface area (TPSA) is 67.6 Å². The second-order valence-electron chi connectivity index (χ2n) is 4.37. The van der Waals surface area contributed by atoms with E-state index >= 15 is 0 Å². The molecule has 0 radical (unpaired) electrons. The smallest absolute Gasteiger partial charge is 0.221 e. The Balaban J connectivity index is 2.39. The Labute approximate surface area is 97.3 Å². The molecule has 1 amide bonds. The number of carbonyl (C=O) groups excluding carboxylic acids is 1. The number of nitrogens with two attached hydrogens (primary N) is 1. The van der Waals surface area contributed by atoms with Gasteiger partial charge in [-0.15, -0.1) is 0 Å². The second-order valence-corrected chi connectivity index (χ2v) is 4.37. The number of hydrogen-bond acceptors (Lipinski definition) is 4. The van der Waals surface area contributed by atoms with Crippen molar-refractivity contribution in [3.63, 3.8) is 0 Å². The summed E-state index contributed by atoms with van der Waals surface area (Å²) in [7, 11) is 3.39. The molecule has 5 nitrogen and oxygen atoms in total. The zero-order valence-corrected chi connectivity index (χ0v) is 10.2. The predicted molar refractivity (Wildman–Crippen MR) is 63.1 cm³/mol. The van der Waals surface area contributed by atoms with Crippen LogP contribution < -0.4 is 11.1 Å². The van der Waals surface area contributed by atoms with E-state index in [1.54, 1.807) is 14.2 Å². The molecular formula is C11H23N3O2. The molecule has 1 aliphatic heterocycles. The van der Waals surface area contributed by atoms with Crippen LogP contribution in [0.4, 0.5) is 0 Å². The standard InChI is InChI=1S/C11H23N3O2/c1-13-11(15)5-10(6-12)14-4-3-9(7-14)8-16-2/h9-10H,3-8,12H2,1-2H3,(H,13,15). The summed E-state index contributed by atoms with van der Waals surface area (Å²) in [5.74, 6) is 0.648. The van der Waals surface area contributed by atoms with Crippen LogP contribution >= 0.6 is 0 Å². The zero-order chi connectivity index (χ0) is 12.0. The fourth-order valence-electron chi connectivity index (χ4n) is 2.24. The molecule has 1 aliphatic rings. The number of amides is 1. The molecule has 0 aliphatic carbocycles. The van der Waals surface area contributed by atoms with Crippen LogP contribution in [0.5, 0.6) is 0 Å². The van der Waals surface area contributed by atoms with Crippen molar-refractivity contribution in [2.45, 2.75) is 18.9 Å². The largest absolute Gasteiger partial charge is 0.384 e. The molecule has 0 aromatic heterocycles. The third-order valence-electron chi connectivity index (χ3n) is 3.21. The lowest BCUT2D eigenvalue weighted by Crippen LogP contribution is -2.42. The van der Waals surface area contributed by atoms with Gasteiger partial charge in [0.05, 0.1) is 6.61 Å². The van der Waals surface area contributed by atoms with Gasteiger partial charge in [-0.2, -0.15) is 0 Å². The van der Waals surface area contributed by atoms with Crippen LogP contribution in [0, 0.1) is 5.92 Å². The predicted octanol–water partition coefficient (Wildman–Crippen LogP) is -0.582. The lowest BCUT2D eigenvalue weighted by atomic mass is 10.1. The summed E-state index contributed by atoms with van der Waals surface area (Å²) in [6.45, 7) is 3.35. The molecule has 1 fully saturated rings. The van der Waals surface area contributed by atoms with Crippen molar-refractivity contribution < 1.29 is 9.53 Å². The maximum absolute atomic E-state index is 11.3. The minimum atomic E-state index is 0.0608. The van der Waals surface area contributed by atoms with Gasteiger partial charge in [0.1, 0.15) is 0 Å². The summed E-state index contributed by atoms with van der Waals surface area (Å²) in [6.07, 6.45) is 1.63. The van der Waals surface area contributed by atoms with Crippen molar-refractivity contribution in [3.8, 4) is 0 Å². The quantitative estimate of drug-likeness (QED) is 0.639. The molecule has 5 heteroatoms. The molecule has 94 valence electrons. The fraction of sp³-hybridized carbons (Fsp3) is 0.909. The third-order valence-corrected chi connectivity index (χ3v) is 3.21. The lowest BCUT2D eigenvalue weighted by Gasteiger charge is -2.26. The third kappa shape index (κ3) is 3.73. The van der Waals surface area contributed by atoms with Crippen molar-refractivity contribution in [2.75, 3.05) is 40.4 Å². The Kier molecular flexibility index (Phi) is 5.73. The van der Waals surface area contributed by atoms with E-state index in [1.807, 2.05) is 0 Å². The van der Waals surface area contributed by atoms with E-state index < -0.39 is 0 Å². The molecule has 1 saturated heterocycles. The van der Waals surface area contributed by atoms with Crippen LogP contribution in [-0.4, -0.2) is 57.2 Å². The first kappa shape index (κ1) is 13.4. The number of carbonyl (C=O) groups is 1. The van der Waals surface area contributed by atoms with Gasteiger partial charge in [0.2, 0.25) is 5.91 Å². The highest BCUT2D eigenvalue weighted by molar-refractivity contribution is 5.76. The maximum Gasteiger partial charge on any atom is 0.221 e. The highest BCUT2D eigenvalue weighted by atomic mass is 16.5. The van der Waals surface area contributed by atoms with Gasteiger partial charge in [0, 0.05) is 39.7 Å². The summed E-state index contributed by atoms with van der Waals surface area (Å²) < 4.78 is 5.15. The van der Waals surface area contributed by atoms with Crippen molar-refractivity contribution in [3.05, 3.63) is 0 Å².